The Morgan fingerprint density at radius 1 is 1.46 bits per heavy atom. The van der Waals surface area contributed by atoms with Crippen LogP contribution in [0.25, 0.3) is 0 Å². The molecule has 4 heterocycles. The molecule has 3 N–H and O–H groups in total. The fraction of sp³-hybridized carbons (Fsp3) is 0.579. The number of amides is 1. The molecule has 1 saturated heterocycles. The van der Waals surface area contributed by atoms with Gasteiger partial charge in [0.15, 0.2) is 0 Å². The third-order valence-electron chi connectivity index (χ3n) is 5.47. The lowest BCUT2D eigenvalue weighted by Crippen LogP contribution is -2.61. The second-order valence-electron chi connectivity index (χ2n) is 7.78. The third-order valence-corrected chi connectivity index (χ3v) is 5.47. The molecule has 1 atom stereocenters. The van der Waals surface area contributed by atoms with Crippen molar-refractivity contribution in [2.75, 3.05) is 13.1 Å². The molecular weight excluding hydrogens is 330 g/mol. The van der Waals surface area contributed by atoms with Crippen molar-refractivity contribution in [3.05, 3.63) is 41.9 Å². The minimum absolute atomic E-state index is 0.0699. The molecule has 0 aromatic carbocycles. The molecule has 140 valence electrons. The number of furan rings is 1. The first kappa shape index (κ1) is 17.3. The van der Waals surface area contributed by atoms with Crippen LogP contribution in [0.1, 0.15) is 43.6 Å². The van der Waals surface area contributed by atoms with Gasteiger partial charge in [-0.2, -0.15) is 0 Å². The van der Waals surface area contributed by atoms with E-state index < -0.39 is 0 Å². The fourth-order valence-corrected chi connectivity index (χ4v) is 4.20. The number of hydrogen-bond acceptors (Lipinski definition) is 5. The number of piperidine rings is 1. The van der Waals surface area contributed by atoms with E-state index in [9.17, 15) is 4.79 Å². The van der Waals surface area contributed by atoms with Crippen molar-refractivity contribution in [1.82, 2.24) is 25.5 Å². The second-order valence-corrected chi connectivity index (χ2v) is 7.78. The molecule has 2 aliphatic heterocycles. The van der Waals surface area contributed by atoms with E-state index in [4.69, 9.17) is 4.42 Å². The maximum Gasteiger partial charge on any atom is 0.237 e. The molecule has 1 amide bonds. The summed E-state index contributed by atoms with van der Waals surface area (Å²) < 4.78 is 5.18. The molecule has 0 aliphatic carbocycles. The summed E-state index contributed by atoms with van der Waals surface area (Å²) in [4.78, 5) is 22.9. The first-order valence-corrected chi connectivity index (χ1v) is 9.40. The topological polar surface area (TPSA) is 86.2 Å². The van der Waals surface area contributed by atoms with Gasteiger partial charge in [-0.3, -0.25) is 15.0 Å². The van der Waals surface area contributed by atoms with Crippen LogP contribution in [0.2, 0.25) is 0 Å². The van der Waals surface area contributed by atoms with E-state index in [2.05, 4.69) is 25.5 Å². The summed E-state index contributed by atoms with van der Waals surface area (Å²) in [5, 5.41) is 6.70. The van der Waals surface area contributed by atoms with Gasteiger partial charge in [-0.25, -0.2) is 4.98 Å². The molecule has 4 rings (SSSR count). The molecule has 0 bridgehead atoms. The van der Waals surface area contributed by atoms with E-state index in [0.717, 1.165) is 43.9 Å². The normalized spacial score (nSPS) is 22.5. The number of likely N-dealkylation sites (tertiary alicyclic amines) is 1. The van der Waals surface area contributed by atoms with E-state index in [-0.39, 0.29) is 23.5 Å². The van der Waals surface area contributed by atoms with Crippen molar-refractivity contribution in [3.8, 4) is 0 Å². The van der Waals surface area contributed by atoms with E-state index in [1.54, 1.807) is 18.9 Å². The number of aromatic amines is 1. The highest BCUT2D eigenvalue weighted by Crippen LogP contribution is 2.37. The van der Waals surface area contributed by atoms with Gasteiger partial charge in [-0.05, 0) is 32.8 Å². The number of fused-ring (bicyclic) bond motifs is 2. The number of carbonyl (C=O) groups is 1. The smallest absolute Gasteiger partial charge is 0.237 e. The summed E-state index contributed by atoms with van der Waals surface area (Å²) in [6.45, 7) is 6.81. The first-order chi connectivity index (χ1) is 12.6. The van der Waals surface area contributed by atoms with E-state index in [1.165, 1.54) is 5.56 Å². The van der Waals surface area contributed by atoms with Crippen LogP contribution in [0.3, 0.4) is 0 Å². The van der Waals surface area contributed by atoms with Gasteiger partial charge in [-0.1, -0.05) is 0 Å². The standard InChI is InChI=1S/C19H27N5O2/c1-13(2)22-18(25)16-9-15-17(21-12-20-15)19(23-16)4-6-24(7-5-19)10-14-3-8-26-11-14/h3,8,11-13,16,23H,4-7,9-10H2,1-2H3,(H,20,21)(H,22,25)/t16-/m0/s1. The Balaban J connectivity index is 1.49. The van der Waals surface area contributed by atoms with E-state index in [1.807, 2.05) is 19.9 Å². The van der Waals surface area contributed by atoms with Gasteiger partial charge in [0.05, 0.1) is 36.1 Å². The third kappa shape index (κ3) is 3.29. The van der Waals surface area contributed by atoms with Crippen molar-refractivity contribution < 1.29 is 9.21 Å². The number of nitrogens with one attached hydrogen (secondary N) is 3. The minimum atomic E-state index is -0.223. The lowest BCUT2D eigenvalue weighted by molar-refractivity contribution is -0.124. The lowest BCUT2D eigenvalue weighted by Gasteiger charge is -2.46. The van der Waals surface area contributed by atoms with Gasteiger partial charge < -0.3 is 14.7 Å². The van der Waals surface area contributed by atoms with E-state index in [0.29, 0.717) is 6.42 Å². The van der Waals surface area contributed by atoms with Crippen molar-refractivity contribution in [3.63, 3.8) is 0 Å². The monoisotopic (exact) mass is 357 g/mol. The summed E-state index contributed by atoms with van der Waals surface area (Å²) in [5.74, 6) is 0.0699. The maximum atomic E-state index is 12.6. The van der Waals surface area contributed by atoms with Crippen LogP contribution in [0, 0.1) is 0 Å². The Hall–Kier alpha value is -2.12. The van der Waals surface area contributed by atoms with Crippen LogP contribution in [-0.4, -0.2) is 45.9 Å². The zero-order valence-corrected chi connectivity index (χ0v) is 15.4. The first-order valence-electron chi connectivity index (χ1n) is 9.40. The molecule has 1 spiro atoms. The van der Waals surface area contributed by atoms with Crippen LogP contribution in [0.15, 0.2) is 29.3 Å². The number of aromatic nitrogens is 2. The Morgan fingerprint density at radius 2 is 2.27 bits per heavy atom. The molecular formula is C19H27N5O2. The average molecular weight is 357 g/mol. The molecule has 7 nitrogen and oxygen atoms in total. The lowest BCUT2D eigenvalue weighted by atomic mass is 9.78. The fourth-order valence-electron chi connectivity index (χ4n) is 4.20. The largest absolute Gasteiger partial charge is 0.472 e. The van der Waals surface area contributed by atoms with Crippen LogP contribution in [0.5, 0.6) is 0 Å². The molecule has 0 radical (unpaired) electrons. The molecule has 0 saturated carbocycles. The quantitative estimate of drug-likeness (QED) is 0.773. The predicted molar refractivity (Wildman–Crippen MR) is 97.4 cm³/mol. The zero-order valence-electron chi connectivity index (χ0n) is 15.4. The SMILES string of the molecule is CC(C)NC(=O)[C@@H]1Cc2[nH]cnc2C2(CCN(Cc3ccoc3)CC2)N1. The summed E-state index contributed by atoms with van der Waals surface area (Å²) in [5.41, 5.74) is 3.16. The minimum Gasteiger partial charge on any atom is -0.472 e. The molecule has 1 fully saturated rings. The van der Waals surface area contributed by atoms with Gasteiger partial charge >= 0.3 is 0 Å². The van der Waals surface area contributed by atoms with E-state index >= 15 is 0 Å². The predicted octanol–water partition coefficient (Wildman–Crippen LogP) is 1.53. The van der Waals surface area contributed by atoms with Crippen LogP contribution >= 0.6 is 0 Å². The summed E-state index contributed by atoms with van der Waals surface area (Å²) in [7, 11) is 0. The maximum absolute atomic E-state index is 12.6. The van der Waals surface area contributed by atoms with Gasteiger partial charge in [0.25, 0.3) is 0 Å². The molecule has 2 aromatic heterocycles. The molecule has 2 aromatic rings. The highest BCUT2D eigenvalue weighted by atomic mass is 16.3. The van der Waals surface area contributed by atoms with Crippen LogP contribution in [-0.2, 0) is 23.3 Å². The Kier molecular flexibility index (Phi) is 4.58. The van der Waals surface area contributed by atoms with Crippen molar-refractivity contribution in [2.24, 2.45) is 0 Å². The van der Waals surface area contributed by atoms with Gasteiger partial charge in [0.2, 0.25) is 5.91 Å². The van der Waals surface area contributed by atoms with Gasteiger partial charge in [-0.15, -0.1) is 0 Å². The van der Waals surface area contributed by atoms with Crippen molar-refractivity contribution >= 4 is 5.91 Å². The Labute approximate surface area is 153 Å². The highest BCUT2D eigenvalue weighted by Gasteiger charge is 2.45. The number of hydrogen-bond donors (Lipinski definition) is 3. The number of imidazole rings is 1. The Morgan fingerprint density at radius 3 is 2.96 bits per heavy atom. The molecule has 7 heteroatoms. The van der Waals surface area contributed by atoms with Gasteiger partial charge in [0, 0.05) is 43.4 Å². The average Bonchev–Trinajstić information content (AvgIpc) is 3.28. The zero-order chi connectivity index (χ0) is 18.1. The van der Waals surface area contributed by atoms with Crippen LogP contribution < -0.4 is 10.6 Å². The highest BCUT2D eigenvalue weighted by molar-refractivity contribution is 5.82. The second kappa shape index (κ2) is 6.89. The number of carbonyl (C=O) groups excluding carboxylic acids is 1. The Bertz CT molecular complexity index is 744. The molecule has 0 unspecified atom stereocenters. The van der Waals surface area contributed by atoms with Crippen LogP contribution in [0.4, 0.5) is 0 Å². The number of H-pyrrole nitrogens is 1. The number of nitrogens with zero attached hydrogens (tertiary/aromatic N) is 2. The molecule has 2 aliphatic rings. The van der Waals surface area contributed by atoms with Gasteiger partial charge in [0.1, 0.15) is 0 Å². The van der Waals surface area contributed by atoms with Crippen molar-refractivity contribution in [2.45, 2.75) is 57.3 Å². The summed E-state index contributed by atoms with van der Waals surface area (Å²) >= 11 is 0. The number of rotatable bonds is 4. The summed E-state index contributed by atoms with van der Waals surface area (Å²) in [6, 6.07) is 1.94. The van der Waals surface area contributed by atoms with Crippen molar-refractivity contribution in [1.29, 1.82) is 0 Å². The summed E-state index contributed by atoms with van der Waals surface area (Å²) in [6.07, 6.45) is 7.82. The molecule has 26 heavy (non-hydrogen) atoms.